The summed E-state index contributed by atoms with van der Waals surface area (Å²) < 4.78 is 0. The Morgan fingerprint density at radius 3 is 1.87 bits per heavy atom. The predicted octanol–water partition coefficient (Wildman–Crippen LogP) is 3.88. The molecule has 0 unspecified atom stereocenters. The Morgan fingerprint density at radius 2 is 1.33 bits per heavy atom. The molecule has 1 N–H and O–H groups in total. The zero-order valence-corrected chi connectivity index (χ0v) is 8.35. The Bertz CT molecular complexity index is 454. The molecule has 0 radical (unpaired) electrons. The fourth-order valence-electron chi connectivity index (χ4n) is 1.49. The third-order valence-electron chi connectivity index (χ3n) is 2.33. The van der Waals surface area contributed by atoms with Gasteiger partial charge in [-0.3, -0.25) is 0 Å². The highest BCUT2D eigenvalue weighted by molar-refractivity contribution is 5.66. The van der Waals surface area contributed by atoms with Crippen LogP contribution in [0, 0.1) is 0 Å². The van der Waals surface area contributed by atoms with Crippen molar-refractivity contribution in [3.63, 3.8) is 0 Å². The van der Waals surface area contributed by atoms with Gasteiger partial charge in [-0.2, -0.15) is 0 Å². The molecule has 0 amide bonds. The molecule has 1 heteroatoms. The van der Waals surface area contributed by atoms with Crippen LogP contribution in [0.4, 0.5) is 0 Å². The second-order valence-electron chi connectivity index (χ2n) is 3.39. The molecule has 0 fully saturated rings. The van der Waals surface area contributed by atoms with Crippen LogP contribution in [0.2, 0.25) is 0 Å². The topological polar surface area (TPSA) is 20.2 Å². The second kappa shape index (κ2) is 4.01. The van der Waals surface area contributed by atoms with E-state index < -0.39 is 0 Å². The summed E-state index contributed by atoms with van der Waals surface area (Å²) in [7, 11) is 0. The maximum Gasteiger partial charge on any atom is 0.115 e. The van der Waals surface area contributed by atoms with E-state index in [2.05, 4.69) is 18.7 Å². The average molecular weight is 196 g/mol. The molecule has 74 valence electrons. The highest BCUT2D eigenvalue weighted by Gasteiger charge is 1.98. The number of rotatable bonds is 2. The van der Waals surface area contributed by atoms with Crippen LogP contribution in [0.1, 0.15) is 5.56 Å². The molecule has 2 rings (SSSR count). The minimum atomic E-state index is 0.106. The SMILES string of the molecule is C=C(O)c1ccc(-c2ccccc2)cc1. The zero-order chi connectivity index (χ0) is 10.7. The van der Waals surface area contributed by atoms with E-state index in [0.29, 0.717) is 0 Å². The second-order valence-corrected chi connectivity index (χ2v) is 3.39. The van der Waals surface area contributed by atoms with Gasteiger partial charge < -0.3 is 5.11 Å². The fraction of sp³-hybridized carbons (Fsp3) is 0. The first-order valence-electron chi connectivity index (χ1n) is 4.81. The summed E-state index contributed by atoms with van der Waals surface area (Å²) in [6.45, 7) is 3.48. The molecular formula is C14H12O. The first-order valence-corrected chi connectivity index (χ1v) is 4.81. The molecule has 0 spiro atoms. The molecule has 2 aromatic carbocycles. The van der Waals surface area contributed by atoms with Gasteiger partial charge in [-0.25, -0.2) is 0 Å². The molecule has 0 atom stereocenters. The fourth-order valence-corrected chi connectivity index (χ4v) is 1.49. The van der Waals surface area contributed by atoms with E-state index in [4.69, 9.17) is 0 Å². The maximum absolute atomic E-state index is 9.19. The molecule has 0 aliphatic heterocycles. The molecule has 0 aliphatic carbocycles. The van der Waals surface area contributed by atoms with Gasteiger partial charge in [0.15, 0.2) is 0 Å². The van der Waals surface area contributed by atoms with Crippen molar-refractivity contribution in [2.24, 2.45) is 0 Å². The Hall–Kier alpha value is -2.02. The molecule has 1 nitrogen and oxygen atoms in total. The molecule has 0 saturated carbocycles. The van der Waals surface area contributed by atoms with E-state index in [1.807, 2.05) is 42.5 Å². The van der Waals surface area contributed by atoms with Crippen LogP contribution in [-0.4, -0.2) is 5.11 Å². The summed E-state index contributed by atoms with van der Waals surface area (Å²) in [6.07, 6.45) is 0. The summed E-state index contributed by atoms with van der Waals surface area (Å²) in [5.74, 6) is 0.106. The minimum absolute atomic E-state index is 0.106. The van der Waals surface area contributed by atoms with Crippen LogP contribution in [0.5, 0.6) is 0 Å². The molecule has 15 heavy (non-hydrogen) atoms. The quantitative estimate of drug-likeness (QED) is 0.722. The molecule has 0 aliphatic rings. The van der Waals surface area contributed by atoms with Crippen LogP contribution < -0.4 is 0 Å². The third-order valence-corrected chi connectivity index (χ3v) is 2.33. The standard InChI is InChI=1S/C14H12O/c1-11(15)12-7-9-14(10-8-12)13-5-3-2-4-6-13/h2-10,15H,1H2. The van der Waals surface area contributed by atoms with Crippen LogP contribution in [0.15, 0.2) is 61.2 Å². The van der Waals surface area contributed by atoms with Gasteiger partial charge in [0.05, 0.1) is 0 Å². The van der Waals surface area contributed by atoms with E-state index >= 15 is 0 Å². The Balaban J connectivity index is 2.36. The van der Waals surface area contributed by atoms with Crippen molar-refractivity contribution in [3.8, 4) is 11.1 Å². The zero-order valence-electron chi connectivity index (χ0n) is 8.35. The van der Waals surface area contributed by atoms with Gasteiger partial charge in [0, 0.05) is 5.56 Å². The van der Waals surface area contributed by atoms with Crippen molar-refractivity contribution in [1.29, 1.82) is 0 Å². The van der Waals surface area contributed by atoms with Crippen LogP contribution >= 0.6 is 0 Å². The third kappa shape index (κ3) is 2.08. The number of benzene rings is 2. The highest BCUT2D eigenvalue weighted by Crippen LogP contribution is 2.20. The molecular weight excluding hydrogens is 184 g/mol. The van der Waals surface area contributed by atoms with Gasteiger partial charge in [0.1, 0.15) is 5.76 Å². The van der Waals surface area contributed by atoms with Crippen molar-refractivity contribution in [2.45, 2.75) is 0 Å². The lowest BCUT2D eigenvalue weighted by molar-refractivity contribution is 0.514. The number of hydrogen-bond donors (Lipinski definition) is 1. The lowest BCUT2D eigenvalue weighted by Crippen LogP contribution is -1.81. The van der Waals surface area contributed by atoms with Crippen LogP contribution in [-0.2, 0) is 0 Å². The normalized spacial score (nSPS) is 9.87. The average Bonchev–Trinajstić information content (AvgIpc) is 2.30. The largest absolute Gasteiger partial charge is 0.508 e. The summed E-state index contributed by atoms with van der Waals surface area (Å²) >= 11 is 0. The van der Waals surface area contributed by atoms with E-state index in [-0.39, 0.29) is 5.76 Å². The highest BCUT2D eigenvalue weighted by atomic mass is 16.3. The Morgan fingerprint density at radius 1 is 0.800 bits per heavy atom. The van der Waals surface area contributed by atoms with Crippen molar-refractivity contribution >= 4 is 5.76 Å². The van der Waals surface area contributed by atoms with E-state index in [0.717, 1.165) is 11.1 Å². The summed E-state index contributed by atoms with van der Waals surface area (Å²) in [4.78, 5) is 0. The summed E-state index contributed by atoms with van der Waals surface area (Å²) in [5.41, 5.74) is 3.07. The number of aliphatic hydroxyl groups is 1. The molecule has 0 saturated heterocycles. The maximum atomic E-state index is 9.19. The van der Waals surface area contributed by atoms with E-state index in [1.54, 1.807) is 0 Å². The van der Waals surface area contributed by atoms with Crippen LogP contribution in [0.3, 0.4) is 0 Å². The first-order chi connectivity index (χ1) is 7.27. The summed E-state index contributed by atoms with van der Waals surface area (Å²) in [5, 5.41) is 9.19. The molecule has 0 aromatic heterocycles. The van der Waals surface area contributed by atoms with Crippen molar-refractivity contribution < 1.29 is 5.11 Å². The first kappa shape index (κ1) is 9.53. The lowest BCUT2D eigenvalue weighted by Gasteiger charge is -2.02. The lowest BCUT2D eigenvalue weighted by atomic mass is 10.0. The van der Waals surface area contributed by atoms with Crippen molar-refractivity contribution in [2.75, 3.05) is 0 Å². The minimum Gasteiger partial charge on any atom is -0.508 e. The predicted molar refractivity (Wildman–Crippen MR) is 63.5 cm³/mol. The van der Waals surface area contributed by atoms with Gasteiger partial charge in [0.2, 0.25) is 0 Å². The summed E-state index contributed by atoms with van der Waals surface area (Å²) in [6, 6.07) is 17.8. The molecule has 0 bridgehead atoms. The van der Waals surface area contributed by atoms with Crippen molar-refractivity contribution in [3.05, 3.63) is 66.7 Å². The van der Waals surface area contributed by atoms with Crippen LogP contribution in [0.25, 0.3) is 16.9 Å². The van der Waals surface area contributed by atoms with Gasteiger partial charge >= 0.3 is 0 Å². The number of aliphatic hydroxyl groups excluding tert-OH is 1. The molecule has 0 heterocycles. The van der Waals surface area contributed by atoms with E-state index in [1.165, 1.54) is 5.56 Å². The Labute approximate surface area is 89.3 Å². The van der Waals surface area contributed by atoms with E-state index in [9.17, 15) is 5.11 Å². The van der Waals surface area contributed by atoms with Gasteiger partial charge in [0.25, 0.3) is 0 Å². The monoisotopic (exact) mass is 196 g/mol. The van der Waals surface area contributed by atoms with Crippen molar-refractivity contribution in [1.82, 2.24) is 0 Å². The van der Waals surface area contributed by atoms with Gasteiger partial charge in [-0.1, -0.05) is 61.2 Å². The van der Waals surface area contributed by atoms with Gasteiger partial charge in [-0.15, -0.1) is 0 Å². The van der Waals surface area contributed by atoms with Gasteiger partial charge in [-0.05, 0) is 11.1 Å². The smallest absolute Gasteiger partial charge is 0.115 e. The molecule has 2 aromatic rings. The Kier molecular flexibility index (Phi) is 2.55. The number of hydrogen-bond acceptors (Lipinski definition) is 1.